The Labute approximate surface area is 189 Å². The molecule has 3 rings (SSSR count). The van der Waals surface area contributed by atoms with Gasteiger partial charge in [-0.05, 0) is 36.8 Å². The minimum Gasteiger partial charge on any atom is -0.507 e. The number of aliphatic hydroxyl groups is 2. The number of ketones is 1. The lowest BCUT2D eigenvalue weighted by atomic mass is 9.95. The minimum atomic E-state index is -0.895. The Morgan fingerprint density at radius 2 is 1.76 bits per heavy atom. The summed E-state index contributed by atoms with van der Waals surface area (Å²) in [7, 11) is 0. The van der Waals surface area contributed by atoms with Gasteiger partial charge in [-0.2, -0.15) is 0 Å². The molecule has 1 aliphatic heterocycles. The van der Waals surface area contributed by atoms with Gasteiger partial charge in [-0.15, -0.1) is 0 Å². The molecule has 2 aromatic carbocycles. The number of nitrogens with zero attached hydrogens (tertiary/aromatic N) is 2. The monoisotopic (exact) mass is 456 g/mol. The lowest BCUT2D eigenvalue weighted by molar-refractivity contribution is -0.384. The average molecular weight is 456 g/mol. The summed E-state index contributed by atoms with van der Waals surface area (Å²) in [6, 6.07) is 11.0. The van der Waals surface area contributed by atoms with E-state index in [1.54, 1.807) is 24.3 Å². The number of hydrogen-bond donors (Lipinski definition) is 2. The van der Waals surface area contributed by atoms with E-state index in [1.165, 1.54) is 29.2 Å². The molecule has 0 saturated carbocycles. The van der Waals surface area contributed by atoms with E-state index in [1.807, 2.05) is 6.92 Å². The second-order valence-corrected chi connectivity index (χ2v) is 7.13. The second-order valence-electron chi connectivity index (χ2n) is 7.13. The van der Waals surface area contributed by atoms with E-state index >= 15 is 0 Å². The smallest absolute Gasteiger partial charge is 0.295 e. The normalized spacial score (nSPS) is 17.4. The standard InChI is InChI=1S/C23H24N2O8/c1-2-33-18-9-5-15(6-10-18)20-19(21(27)16-3-7-17(8-4-16)25(30)31)22(28)23(29)24(20)11-13-32-14-12-26/h3-10,20,26-27H,2,11-14H2,1H3/t20-/m0/s1. The van der Waals surface area contributed by atoms with E-state index in [9.17, 15) is 24.8 Å². The number of ether oxygens (including phenoxy) is 2. The zero-order valence-electron chi connectivity index (χ0n) is 18.0. The third-order valence-corrected chi connectivity index (χ3v) is 5.11. The third-order valence-electron chi connectivity index (χ3n) is 5.11. The molecule has 10 heteroatoms. The summed E-state index contributed by atoms with van der Waals surface area (Å²) in [6.45, 7) is 2.36. The van der Waals surface area contributed by atoms with E-state index in [0.29, 0.717) is 17.9 Å². The molecule has 0 unspecified atom stereocenters. The lowest BCUT2D eigenvalue weighted by Gasteiger charge is -2.25. The minimum absolute atomic E-state index is 0.0551. The van der Waals surface area contributed by atoms with Crippen LogP contribution in [0.4, 0.5) is 5.69 Å². The molecule has 1 fully saturated rings. The number of hydrogen-bond acceptors (Lipinski definition) is 8. The first-order valence-corrected chi connectivity index (χ1v) is 10.3. The zero-order valence-corrected chi connectivity index (χ0v) is 18.0. The van der Waals surface area contributed by atoms with Crippen molar-refractivity contribution in [3.8, 4) is 5.75 Å². The molecule has 0 aromatic heterocycles. The highest BCUT2D eigenvalue weighted by Gasteiger charge is 2.45. The van der Waals surface area contributed by atoms with Crippen LogP contribution >= 0.6 is 0 Å². The molecular weight excluding hydrogens is 432 g/mol. The van der Waals surface area contributed by atoms with Crippen molar-refractivity contribution in [2.24, 2.45) is 0 Å². The van der Waals surface area contributed by atoms with E-state index in [2.05, 4.69) is 0 Å². The topological polar surface area (TPSA) is 139 Å². The summed E-state index contributed by atoms with van der Waals surface area (Å²) in [6.07, 6.45) is 0. The van der Waals surface area contributed by atoms with Gasteiger partial charge in [0, 0.05) is 24.2 Å². The molecule has 1 aliphatic rings. The van der Waals surface area contributed by atoms with Crippen LogP contribution in [0.1, 0.15) is 24.1 Å². The summed E-state index contributed by atoms with van der Waals surface area (Å²) >= 11 is 0. The van der Waals surface area contributed by atoms with Crippen molar-refractivity contribution in [3.05, 3.63) is 75.3 Å². The lowest BCUT2D eigenvalue weighted by Crippen LogP contribution is -2.33. The Hall–Kier alpha value is -3.76. The maximum absolute atomic E-state index is 12.9. The molecule has 10 nitrogen and oxygen atoms in total. The van der Waals surface area contributed by atoms with Crippen molar-refractivity contribution < 1.29 is 34.2 Å². The Morgan fingerprint density at radius 1 is 1.09 bits per heavy atom. The Balaban J connectivity index is 2.04. The SMILES string of the molecule is CCOc1ccc([C@H]2C(=C(O)c3ccc([N+](=O)[O-])cc3)C(=O)C(=O)N2CCOCCO)cc1. The van der Waals surface area contributed by atoms with Gasteiger partial charge in [0.1, 0.15) is 11.5 Å². The fourth-order valence-corrected chi connectivity index (χ4v) is 3.60. The molecule has 0 aliphatic carbocycles. The van der Waals surface area contributed by atoms with Crippen LogP contribution in [0.25, 0.3) is 5.76 Å². The summed E-state index contributed by atoms with van der Waals surface area (Å²) in [5, 5.41) is 30.8. The van der Waals surface area contributed by atoms with Gasteiger partial charge < -0.3 is 24.6 Å². The fourth-order valence-electron chi connectivity index (χ4n) is 3.60. The zero-order chi connectivity index (χ0) is 24.0. The van der Waals surface area contributed by atoms with Crippen molar-refractivity contribution in [1.82, 2.24) is 4.90 Å². The van der Waals surface area contributed by atoms with E-state index in [0.717, 1.165) is 0 Å². The molecule has 2 N–H and O–H groups in total. The van der Waals surface area contributed by atoms with Crippen LogP contribution in [-0.2, 0) is 14.3 Å². The number of carbonyl (C=O) groups excluding carboxylic acids is 2. The van der Waals surface area contributed by atoms with Gasteiger partial charge in [-0.25, -0.2) is 0 Å². The number of amides is 1. The van der Waals surface area contributed by atoms with Gasteiger partial charge in [0.25, 0.3) is 17.4 Å². The summed E-state index contributed by atoms with van der Waals surface area (Å²) < 4.78 is 10.7. The van der Waals surface area contributed by atoms with Crippen molar-refractivity contribution in [2.45, 2.75) is 13.0 Å². The van der Waals surface area contributed by atoms with E-state index in [-0.39, 0.29) is 43.2 Å². The Morgan fingerprint density at radius 3 is 2.33 bits per heavy atom. The Bertz CT molecular complexity index is 1050. The van der Waals surface area contributed by atoms with Crippen LogP contribution in [0, 0.1) is 10.1 Å². The number of rotatable bonds is 10. The molecule has 0 radical (unpaired) electrons. The van der Waals surface area contributed by atoms with Gasteiger partial charge in [-0.3, -0.25) is 19.7 Å². The number of aliphatic hydroxyl groups excluding tert-OH is 2. The first kappa shape index (κ1) is 23.9. The van der Waals surface area contributed by atoms with Crippen molar-refractivity contribution in [3.63, 3.8) is 0 Å². The van der Waals surface area contributed by atoms with Crippen molar-refractivity contribution >= 4 is 23.1 Å². The highest BCUT2D eigenvalue weighted by molar-refractivity contribution is 6.46. The summed E-state index contributed by atoms with van der Waals surface area (Å²) in [5.74, 6) is -1.49. The van der Waals surface area contributed by atoms with Gasteiger partial charge in [-0.1, -0.05) is 12.1 Å². The maximum atomic E-state index is 12.9. The van der Waals surface area contributed by atoms with Crippen LogP contribution in [0.3, 0.4) is 0 Å². The molecule has 1 atom stereocenters. The molecule has 0 spiro atoms. The fraction of sp³-hybridized carbons (Fsp3) is 0.304. The van der Waals surface area contributed by atoms with Crippen molar-refractivity contribution in [2.75, 3.05) is 33.0 Å². The molecule has 2 aromatic rings. The quantitative estimate of drug-likeness (QED) is 0.139. The number of non-ortho nitro benzene ring substituents is 1. The van der Waals surface area contributed by atoms with Crippen LogP contribution < -0.4 is 4.74 Å². The predicted octanol–water partition coefficient (Wildman–Crippen LogP) is 2.42. The average Bonchev–Trinajstić information content (AvgIpc) is 3.07. The molecular formula is C23H24N2O8. The summed E-state index contributed by atoms with van der Waals surface area (Å²) in [5.41, 5.74) is 0.450. The van der Waals surface area contributed by atoms with E-state index < -0.39 is 28.4 Å². The second kappa shape index (κ2) is 10.7. The number of carbonyl (C=O) groups is 2. The third kappa shape index (κ3) is 5.18. The first-order valence-electron chi connectivity index (χ1n) is 10.3. The number of Topliss-reactive ketones (excluding diaryl/α,β-unsaturated/α-hetero) is 1. The number of likely N-dealkylation sites (tertiary alicyclic amines) is 1. The van der Waals surface area contributed by atoms with Gasteiger partial charge in [0.2, 0.25) is 0 Å². The number of nitro groups is 1. The van der Waals surface area contributed by atoms with Gasteiger partial charge in [0.05, 0.1) is 43.0 Å². The van der Waals surface area contributed by atoms with Crippen molar-refractivity contribution in [1.29, 1.82) is 0 Å². The predicted molar refractivity (Wildman–Crippen MR) is 118 cm³/mol. The number of benzene rings is 2. The molecule has 1 heterocycles. The summed E-state index contributed by atoms with van der Waals surface area (Å²) in [4.78, 5) is 37.4. The largest absolute Gasteiger partial charge is 0.507 e. The molecule has 174 valence electrons. The van der Waals surface area contributed by atoms with Gasteiger partial charge in [0.15, 0.2) is 0 Å². The number of nitro benzene ring substituents is 1. The van der Waals surface area contributed by atoms with Crippen LogP contribution in [0.15, 0.2) is 54.1 Å². The Kier molecular flexibility index (Phi) is 7.75. The molecule has 1 saturated heterocycles. The van der Waals surface area contributed by atoms with Crippen LogP contribution in [0.2, 0.25) is 0 Å². The molecule has 33 heavy (non-hydrogen) atoms. The highest BCUT2D eigenvalue weighted by atomic mass is 16.6. The first-order chi connectivity index (χ1) is 15.9. The van der Waals surface area contributed by atoms with Crippen LogP contribution in [0.5, 0.6) is 5.75 Å². The maximum Gasteiger partial charge on any atom is 0.295 e. The molecule has 0 bridgehead atoms. The van der Waals surface area contributed by atoms with E-state index in [4.69, 9.17) is 14.6 Å². The highest BCUT2D eigenvalue weighted by Crippen LogP contribution is 2.39. The van der Waals surface area contributed by atoms with Gasteiger partial charge >= 0.3 is 0 Å². The van der Waals surface area contributed by atoms with Crippen LogP contribution in [-0.4, -0.2) is 64.7 Å². The molecule has 1 amide bonds.